The van der Waals surface area contributed by atoms with Gasteiger partial charge in [-0.2, -0.15) is 0 Å². The number of nitrogens with zero attached hydrogens (tertiary/aromatic N) is 3. The topological polar surface area (TPSA) is 94.9 Å². The van der Waals surface area contributed by atoms with Gasteiger partial charge in [-0.25, -0.2) is 0 Å². The normalized spacial score (nSPS) is 28.9. The highest BCUT2D eigenvalue weighted by atomic mass is 28.4. The van der Waals surface area contributed by atoms with E-state index in [-0.39, 0.29) is 12.2 Å². The van der Waals surface area contributed by atoms with Gasteiger partial charge in [0.15, 0.2) is 39.6 Å². The van der Waals surface area contributed by atoms with Gasteiger partial charge < -0.3 is 22.4 Å². The summed E-state index contributed by atoms with van der Waals surface area (Å²) in [6, 6.07) is -0.613. The molecule has 0 aromatic carbocycles. The Labute approximate surface area is 187 Å². The Kier molecular flexibility index (Phi) is 9.60. The molecular weight excluding hydrogens is 451 g/mol. The molecule has 0 radical (unpaired) electrons. The monoisotopic (exact) mass is 493 g/mol. The van der Waals surface area contributed by atoms with E-state index in [2.05, 4.69) is 88.6 Å². The van der Waals surface area contributed by atoms with Gasteiger partial charge in [-0.3, -0.25) is 0 Å². The van der Waals surface area contributed by atoms with Crippen LogP contribution in [0.25, 0.3) is 10.4 Å². The molecule has 1 aliphatic heterocycles. The van der Waals surface area contributed by atoms with Crippen molar-refractivity contribution in [3.05, 3.63) is 10.4 Å². The third kappa shape index (κ3) is 10.5. The molecule has 0 aromatic heterocycles. The maximum absolute atomic E-state index is 9.31. The number of rotatable bonds is 10. The Morgan fingerprint density at radius 2 is 1.20 bits per heavy atom. The fourth-order valence-electron chi connectivity index (χ4n) is 3.08. The zero-order valence-electron chi connectivity index (χ0n) is 21.0. The van der Waals surface area contributed by atoms with Gasteiger partial charge in [-0.15, -0.1) is 0 Å². The second-order valence-corrected chi connectivity index (χ2v) is 29.7. The standard InChI is InChI=1S/C18H43N3O5Si4/c1-27(2,3)22-13-14-16(24-28(4,5)6)17(25-29(7,8)9)15(20-21-19)18(23-14)26-30(10,11)12/h14-18H,13H2,1-12H3/t14-,15-,16-,17-,18+/m1/s1. The molecule has 0 N–H and O–H groups in total. The van der Waals surface area contributed by atoms with Gasteiger partial charge in [0.2, 0.25) is 0 Å². The van der Waals surface area contributed by atoms with Crippen LogP contribution in [0.1, 0.15) is 0 Å². The maximum atomic E-state index is 9.31. The molecule has 1 fully saturated rings. The third-order valence-electron chi connectivity index (χ3n) is 3.93. The van der Waals surface area contributed by atoms with Crippen LogP contribution in [0.5, 0.6) is 0 Å². The number of hydrogen-bond donors (Lipinski definition) is 0. The summed E-state index contributed by atoms with van der Waals surface area (Å²) in [6.07, 6.45) is -1.84. The van der Waals surface area contributed by atoms with Crippen molar-refractivity contribution in [2.75, 3.05) is 6.61 Å². The quantitative estimate of drug-likeness (QED) is 0.172. The van der Waals surface area contributed by atoms with E-state index in [0.717, 1.165) is 0 Å². The minimum absolute atomic E-state index is 0.351. The van der Waals surface area contributed by atoms with Gasteiger partial charge in [0.05, 0.1) is 18.8 Å². The van der Waals surface area contributed by atoms with Crippen LogP contribution >= 0.6 is 0 Å². The highest BCUT2D eigenvalue weighted by molar-refractivity contribution is 6.71. The molecule has 5 atom stereocenters. The Morgan fingerprint density at radius 3 is 1.60 bits per heavy atom. The molecule has 0 bridgehead atoms. The van der Waals surface area contributed by atoms with E-state index < -0.39 is 51.7 Å². The number of ether oxygens (including phenoxy) is 1. The molecule has 1 saturated heterocycles. The first kappa shape index (κ1) is 28.0. The van der Waals surface area contributed by atoms with Crippen LogP contribution in [0.3, 0.4) is 0 Å². The summed E-state index contributed by atoms with van der Waals surface area (Å²) in [6.45, 7) is 26.0. The van der Waals surface area contributed by atoms with E-state index in [1.54, 1.807) is 0 Å². The van der Waals surface area contributed by atoms with Crippen LogP contribution in [0, 0.1) is 0 Å². The predicted octanol–water partition coefficient (Wildman–Crippen LogP) is 5.53. The third-order valence-corrected chi connectivity index (χ3v) is 7.86. The Morgan fingerprint density at radius 1 is 0.733 bits per heavy atom. The largest absolute Gasteiger partial charge is 0.415 e. The molecule has 176 valence electrons. The average Bonchev–Trinajstić information content (AvgIpc) is 2.46. The first-order valence-electron chi connectivity index (χ1n) is 10.7. The molecule has 0 saturated carbocycles. The Balaban J connectivity index is 3.43. The first-order valence-corrected chi connectivity index (χ1v) is 24.3. The summed E-state index contributed by atoms with van der Waals surface area (Å²) >= 11 is 0. The molecule has 1 rings (SSSR count). The van der Waals surface area contributed by atoms with E-state index in [1.807, 2.05) is 0 Å². The van der Waals surface area contributed by atoms with Gasteiger partial charge in [0.1, 0.15) is 12.1 Å². The second kappa shape index (κ2) is 10.3. The Bertz CT molecular complexity index is 607. The molecule has 0 unspecified atom stereocenters. The highest BCUT2D eigenvalue weighted by Crippen LogP contribution is 2.34. The molecule has 0 aliphatic carbocycles. The average molecular weight is 494 g/mol. The molecule has 8 nitrogen and oxygen atoms in total. The van der Waals surface area contributed by atoms with Crippen LogP contribution in [-0.2, 0) is 22.4 Å². The van der Waals surface area contributed by atoms with Crippen molar-refractivity contribution < 1.29 is 22.4 Å². The lowest BCUT2D eigenvalue weighted by atomic mass is 9.98. The summed E-state index contributed by atoms with van der Waals surface area (Å²) in [5.74, 6) is 0. The minimum Gasteiger partial charge on any atom is -0.415 e. The van der Waals surface area contributed by atoms with Crippen LogP contribution < -0.4 is 0 Å². The van der Waals surface area contributed by atoms with Gasteiger partial charge >= 0.3 is 0 Å². The fourth-order valence-corrected chi connectivity index (χ4v) is 6.83. The van der Waals surface area contributed by atoms with Crippen molar-refractivity contribution in [1.82, 2.24) is 0 Å². The number of hydrogen-bond acceptors (Lipinski definition) is 6. The molecule has 12 heteroatoms. The molecular formula is C18H43N3O5Si4. The van der Waals surface area contributed by atoms with Crippen molar-refractivity contribution in [3.8, 4) is 0 Å². The van der Waals surface area contributed by atoms with Gasteiger partial charge in [0, 0.05) is 4.91 Å². The van der Waals surface area contributed by atoms with Crippen molar-refractivity contribution in [3.63, 3.8) is 0 Å². The second-order valence-electron chi connectivity index (χ2n) is 11.8. The zero-order valence-corrected chi connectivity index (χ0v) is 25.0. The van der Waals surface area contributed by atoms with E-state index in [9.17, 15) is 5.53 Å². The molecule has 30 heavy (non-hydrogen) atoms. The summed E-state index contributed by atoms with van der Waals surface area (Å²) in [5, 5.41) is 4.09. The van der Waals surface area contributed by atoms with E-state index in [4.69, 9.17) is 22.4 Å². The summed E-state index contributed by atoms with van der Waals surface area (Å²) in [5.41, 5.74) is 9.31. The van der Waals surface area contributed by atoms with E-state index in [1.165, 1.54) is 0 Å². The lowest BCUT2D eigenvalue weighted by Crippen LogP contribution is -2.65. The molecule has 1 heterocycles. The van der Waals surface area contributed by atoms with Crippen LogP contribution in [0.4, 0.5) is 0 Å². The van der Waals surface area contributed by atoms with Gasteiger partial charge in [0.25, 0.3) is 0 Å². The minimum atomic E-state index is -1.99. The lowest BCUT2D eigenvalue weighted by Gasteiger charge is -2.49. The van der Waals surface area contributed by atoms with Gasteiger partial charge in [-0.05, 0) is 84.1 Å². The highest BCUT2D eigenvalue weighted by Gasteiger charge is 2.51. The summed E-state index contributed by atoms with van der Waals surface area (Å²) < 4.78 is 32.1. The van der Waals surface area contributed by atoms with E-state index >= 15 is 0 Å². The summed E-state index contributed by atoms with van der Waals surface area (Å²) in [4.78, 5) is 3.11. The zero-order chi connectivity index (χ0) is 23.5. The van der Waals surface area contributed by atoms with Crippen molar-refractivity contribution >= 4 is 33.3 Å². The SMILES string of the molecule is C[Si](C)(C)OC[C@H]1O[C@@H](O[Si](C)(C)C)[C@H](N=[N+]=[N-])[C@@H](O[Si](C)(C)C)[C@@H]1O[Si](C)(C)C. The summed E-state index contributed by atoms with van der Waals surface area (Å²) in [7, 11) is -7.69. The number of azide groups is 1. The first-order chi connectivity index (χ1) is 13.3. The van der Waals surface area contributed by atoms with Crippen molar-refractivity contribution in [2.45, 2.75) is 109 Å². The van der Waals surface area contributed by atoms with E-state index in [0.29, 0.717) is 6.61 Å². The van der Waals surface area contributed by atoms with Crippen LogP contribution in [0.15, 0.2) is 5.11 Å². The van der Waals surface area contributed by atoms with Crippen LogP contribution in [-0.4, -0.2) is 70.5 Å². The van der Waals surface area contributed by atoms with Crippen molar-refractivity contribution in [1.29, 1.82) is 0 Å². The molecule has 0 aromatic rings. The predicted molar refractivity (Wildman–Crippen MR) is 132 cm³/mol. The molecule has 0 amide bonds. The van der Waals surface area contributed by atoms with Gasteiger partial charge in [-0.1, -0.05) is 5.11 Å². The Hall–Kier alpha value is -0.0225. The van der Waals surface area contributed by atoms with Crippen LogP contribution in [0.2, 0.25) is 78.6 Å². The van der Waals surface area contributed by atoms with Crippen molar-refractivity contribution in [2.24, 2.45) is 5.11 Å². The lowest BCUT2D eigenvalue weighted by molar-refractivity contribution is -0.233. The maximum Gasteiger partial charge on any atom is 0.187 e. The fraction of sp³-hybridized carbons (Fsp3) is 1.00. The molecule has 0 spiro atoms. The smallest absolute Gasteiger partial charge is 0.187 e. The molecule has 1 aliphatic rings.